The molecule has 0 amide bonds. The maximum Gasteiger partial charge on any atom is 0.274 e. The lowest BCUT2D eigenvalue weighted by Gasteiger charge is -2.24. The van der Waals surface area contributed by atoms with E-state index in [1.165, 1.54) is 17.7 Å². The van der Waals surface area contributed by atoms with E-state index in [1.54, 1.807) is 16.2 Å². The zero-order valence-corrected chi connectivity index (χ0v) is 11.8. The summed E-state index contributed by atoms with van der Waals surface area (Å²) in [7, 11) is 0. The molecule has 0 saturated carbocycles. The van der Waals surface area contributed by atoms with Gasteiger partial charge in [-0.1, -0.05) is 17.6 Å². The summed E-state index contributed by atoms with van der Waals surface area (Å²) in [6.07, 6.45) is 3.04. The molecule has 102 valence electrons. The monoisotopic (exact) mass is 289 g/mol. The summed E-state index contributed by atoms with van der Waals surface area (Å²) >= 11 is 1.22. The highest BCUT2D eigenvalue weighted by atomic mass is 32.1. The molecular formula is C14H12FN3OS. The smallest absolute Gasteiger partial charge is 0.268 e. The topological polar surface area (TPSA) is 47.8 Å². The first-order valence-corrected chi connectivity index (χ1v) is 6.87. The van der Waals surface area contributed by atoms with E-state index in [1.807, 2.05) is 32.0 Å². The van der Waals surface area contributed by atoms with Gasteiger partial charge in [0, 0.05) is 12.4 Å². The number of fused-ring (bicyclic) bond motifs is 1. The minimum absolute atomic E-state index is 0.0431. The number of hydrogen-bond acceptors (Lipinski definition) is 4. The van der Waals surface area contributed by atoms with Gasteiger partial charge in [-0.2, -0.15) is 4.39 Å². The van der Waals surface area contributed by atoms with Gasteiger partial charge in [0.15, 0.2) is 0 Å². The van der Waals surface area contributed by atoms with Crippen molar-refractivity contribution in [2.75, 3.05) is 0 Å². The van der Waals surface area contributed by atoms with Crippen LogP contribution in [0, 0.1) is 5.95 Å². The van der Waals surface area contributed by atoms with Crippen molar-refractivity contribution in [3.63, 3.8) is 0 Å². The molecule has 0 N–H and O–H groups in total. The fraction of sp³-hybridized carbons (Fsp3) is 0.214. The zero-order chi connectivity index (χ0) is 14.3. The number of halogens is 1. The van der Waals surface area contributed by atoms with Crippen molar-refractivity contribution in [3.8, 4) is 0 Å². The van der Waals surface area contributed by atoms with Gasteiger partial charge in [0.05, 0.1) is 15.9 Å². The Hall–Kier alpha value is -2.08. The average Bonchev–Trinajstić information content (AvgIpc) is 2.79. The summed E-state index contributed by atoms with van der Waals surface area (Å²) in [5.74, 6) is -0.723. The lowest BCUT2D eigenvalue weighted by molar-refractivity contribution is 0.446. The van der Waals surface area contributed by atoms with Crippen molar-refractivity contribution in [3.05, 3.63) is 58.7 Å². The fourth-order valence-corrected chi connectivity index (χ4v) is 3.20. The van der Waals surface area contributed by atoms with Crippen LogP contribution in [0.5, 0.6) is 0 Å². The molecule has 0 fully saturated rings. The van der Waals surface area contributed by atoms with E-state index in [0.29, 0.717) is 4.70 Å². The zero-order valence-electron chi connectivity index (χ0n) is 11.0. The molecule has 0 radical (unpaired) electrons. The Morgan fingerprint density at radius 3 is 2.65 bits per heavy atom. The quantitative estimate of drug-likeness (QED) is 0.682. The summed E-state index contributed by atoms with van der Waals surface area (Å²) in [6, 6.07) is 7.18. The highest BCUT2D eigenvalue weighted by Gasteiger charge is 2.28. The maximum atomic E-state index is 13.7. The molecule has 0 unspecified atom stereocenters. The minimum Gasteiger partial charge on any atom is -0.268 e. The van der Waals surface area contributed by atoms with Crippen LogP contribution in [0.1, 0.15) is 19.5 Å². The van der Waals surface area contributed by atoms with Gasteiger partial charge in [-0.15, -0.1) is 0 Å². The van der Waals surface area contributed by atoms with Gasteiger partial charge < -0.3 is 0 Å². The fourth-order valence-electron chi connectivity index (χ4n) is 2.13. The second-order valence-corrected chi connectivity index (χ2v) is 5.93. The van der Waals surface area contributed by atoms with Crippen molar-refractivity contribution in [2.45, 2.75) is 19.4 Å². The van der Waals surface area contributed by atoms with Crippen LogP contribution in [0.25, 0.3) is 10.1 Å². The first kappa shape index (κ1) is 12.9. The third-order valence-corrected chi connectivity index (χ3v) is 4.60. The van der Waals surface area contributed by atoms with Crippen LogP contribution in [0.15, 0.2) is 41.5 Å². The van der Waals surface area contributed by atoms with Gasteiger partial charge in [0.2, 0.25) is 5.95 Å². The van der Waals surface area contributed by atoms with Crippen LogP contribution in [0.3, 0.4) is 0 Å². The molecule has 0 atom stereocenters. The molecule has 0 aromatic carbocycles. The molecule has 3 rings (SSSR count). The van der Waals surface area contributed by atoms with E-state index in [-0.39, 0.29) is 10.9 Å². The lowest BCUT2D eigenvalue weighted by Crippen LogP contribution is -2.34. The third-order valence-electron chi connectivity index (χ3n) is 3.25. The first-order valence-electron chi connectivity index (χ1n) is 6.10. The SMILES string of the molecule is CC(C)(c1ccccn1)n1sc2ccnc(F)c2c1=O. The molecule has 0 saturated heterocycles. The molecule has 0 aliphatic carbocycles. The van der Waals surface area contributed by atoms with Crippen molar-refractivity contribution >= 4 is 21.6 Å². The van der Waals surface area contributed by atoms with Crippen LogP contribution in [-0.4, -0.2) is 13.9 Å². The summed E-state index contributed by atoms with van der Waals surface area (Å²) in [5.41, 5.74) is -0.262. The van der Waals surface area contributed by atoms with Gasteiger partial charge in [0.1, 0.15) is 5.39 Å². The molecule has 3 aromatic rings. The van der Waals surface area contributed by atoms with E-state index < -0.39 is 11.5 Å². The van der Waals surface area contributed by atoms with Gasteiger partial charge >= 0.3 is 0 Å². The third kappa shape index (κ3) is 1.84. The Kier molecular flexibility index (Phi) is 2.90. The van der Waals surface area contributed by atoms with Crippen LogP contribution >= 0.6 is 11.5 Å². The summed E-state index contributed by atoms with van der Waals surface area (Å²) < 4.78 is 15.9. The number of nitrogens with zero attached hydrogens (tertiary/aromatic N) is 3. The van der Waals surface area contributed by atoms with E-state index in [0.717, 1.165) is 5.69 Å². The largest absolute Gasteiger partial charge is 0.274 e. The molecule has 0 aliphatic heterocycles. The summed E-state index contributed by atoms with van der Waals surface area (Å²) in [4.78, 5) is 20.3. The van der Waals surface area contributed by atoms with Crippen molar-refractivity contribution in [2.24, 2.45) is 0 Å². The number of rotatable bonds is 2. The van der Waals surface area contributed by atoms with Gasteiger partial charge in [-0.05, 0) is 32.0 Å². The van der Waals surface area contributed by atoms with E-state index >= 15 is 0 Å². The lowest BCUT2D eigenvalue weighted by atomic mass is 10.0. The highest BCUT2D eigenvalue weighted by Crippen LogP contribution is 2.28. The van der Waals surface area contributed by atoms with Crippen LogP contribution in [0.2, 0.25) is 0 Å². The van der Waals surface area contributed by atoms with E-state index in [4.69, 9.17) is 0 Å². The predicted octanol–water partition coefficient (Wildman–Crippen LogP) is 2.78. The minimum atomic E-state index is -0.723. The molecule has 0 aliphatic rings. The molecule has 20 heavy (non-hydrogen) atoms. The van der Waals surface area contributed by atoms with Crippen LogP contribution in [0.4, 0.5) is 4.39 Å². The normalized spacial score (nSPS) is 11.9. The maximum absolute atomic E-state index is 13.7. The predicted molar refractivity (Wildman–Crippen MR) is 76.5 cm³/mol. The van der Waals surface area contributed by atoms with Gasteiger partial charge in [0.25, 0.3) is 5.56 Å². The molecular weight excluding hydrogens is 277 g/mol. The Bertz CT molecular complexity index is 823. The van der Waals surface area contributed by atoms with E-state index in [2.05, 4.69) is 9.97 Å². The summed E-state index contributed by atoms with van der Waals surface area (Å²) in [6.45, 7) is 3.77. The molecule has 0 spiro atoms. The van der Waals surface area contributed by atoms with Gasteiger partial charge in [-0.25, -0.2) is 4.98 Å². The van der Waals surface area contributed by atoms with Crippen LogP contribution in [-0.2, 0) is 5.54 Å². The molecule has 0 bridgehead atoms. The number of hydrogen-bond donors (Lipinski definition) is 0. The van der Waals surface area contributed by atoms with Crippen molar-refractivity contribution in [1.29, 1.82) is 0 Å². The van der Waals surface area contributed by atoms with Gasteiger partial charge in [-0.3, -0.25) is 13.7 Å². The Labute approximate surface area is 118 Å². The van der Waals surface area contributed by atoms with E-state index in [9.17, 15) is 9.18 Å². The molecule has 3 aromatic heterocycles. The Morgan fingerprint density at radius 2 is 2.00 bits per heavy atom. The second-order valence-electron chi connectivity index (χ2n) is 4.94. The Balaban J connectivity index is 2.28. The number of pyridine rings is 2. The molecule has 3 heterocycles. The van der Waals surface area contributed by atoms with Crippen LogP contribution < -0.4 is 5.56 Å². The molecule has 6 heteroatoms. The average molecular weight is 289 g/mol. The number of aromatic nitrogens is 3. The Morgan fingerprint density at radius 1 is 1.20 bits per heavy atom. The molecule has 4 nitrogen and oxygen atoms in total. The first-order chi connectivity index (χ1) is 9.51. The summed E-state index contributed by atoms with van der Waals surface area (Å²) in [5, 5.41) is 0.0431. The highest BCUT2D eigenvalue weighted by molar-refractivity contribution is 7.13. The van der Waals surface area contributed by atoms with Crippen molar-refractivity contribution in [1.82, 2.24) is 13.9 Å². The standard InChI is InChI=1S/C14H12FN3OS/c1-14(2,10-5-3-4-7-16-10)18-13(19)11-9(20-18)6-8-17-12(11)15/h3-8H,1-2H3. The van der Waals surface area contributed by atoms with Crippen molar-refractivity contribution < 1.29 is 4.39 Å². The second kappa shape index (κ2) is 4.49.